The van der Waals surface area contributed by atoms with E-state index in [0.717, 1.165) is 6.42 Å². The molecule has 0 rings (SSSR count). The molecule has 0 bridgehead atoms. The van der Waals surface area contributed by atoms with Gasteiger partial charge in [0.1, 0.15) is 0 Å². The number of hydrogen-bond acceptors (Lipinski definition) is 3. The molecule has 0 aromatic rings. The molecule has 0 aromatic heterocycles. The van der Waals surface area contributed by atoms with Crippen LogP contribution >= 0.6 is 0 Å². The SMILES string of the molecule is CCC(C)NC(=O)C(C)NC(C)CC(C)O. The maximum atomic E-state index is 11.7. The van der Waals surface area contributed by atoms with Crippen molar-refractivity contribution >= 4 is 5.91 Å². The molecule has 3 N–H and O–H groups in total. The second-order valence-corrected chi connectivity index (χ2v) is 4.69. The van der Waals surface area contributed by atoms with Crippen molar-refractivity contribution in [1.82, 2.24) is 10.6 Å². The Morgan fingerprint density at radius 3 is 2.19 bits per heavy atom. The second-order valence-electron chi connectivity index (χ2n) is 4.69. The molecule has 96 valence electrons. The zero-order valence-corrected chi connectivity index (χ0v) is 11.1. The van der Waals surface area contributed by atoms with Crippen LogP contribution < -0.4 is 10.6 Å². The van der Waals surface area contributed by atoms with Gasteiger partial charge in [-0.3, -0.25) is 4.79 Å². The highest BCUT2D eigenvalue weighted by Crippen LogP contribution is 1.99. The largest absolute Gasteiger partial charge is 0.393 e. The molecule has 4 nitrogen and oxygen atoms in total. The van der Waals surface area contributed by atoms with E-state index in [1.165, 1.54) is 0 Å². The molecule has 4 unspecified atom stereocenters. The average Bonchev–Trinajstić information content (AvgIpc) is 2.15. The fourth-order valence-corrected chi connectivity index (χ4v) is 1.55. The van der Waals surface area contributed by atoms with Gasteiger partial charge >= 0.3 is 0 Å². The van der Waals surface area contributed by atoms with Gasteiger partial charge in [-0.05, 0) is 40.5 Å². The fourth-order valence-electron chi connectivity index (χ4n) is 1.55. The summed E-state index contributed by atoms with van der Waals surface area (Å²) in [6.07, 6.45) is 1.25. The van der Waals surface area contributed by atoms with E-state index in [1.54, 1.807) is 6.92 Å². The van der Waals surface area contributed by atoms with Crippen LogP contribution in [0.3, 0.4) is 0 Å². The third kappa shape index (κ3) is 6.80. The summed E-state index contributed by atoms with van der Waals surface area (Å²) in [5.41, 5.74) is 0. The van der Waals surface area contributed by atoms with Gasteiger partial charge in [-0.1, -0.05) is 6.92 Å². The van der Waals surface area contributed by atoms with Crippen molar-refractivity contribution < 1.29 is 9.90 Å². The van der Waals surface area contributed by atoms with Crippen molar-refractivity contribution in [2.75, 3.05) is 0 Å². The molecule has 0 spiro atoms. The quantitative estimate of drug-likeness (QED) is 0.612. The third-order valence-corrected chi connectivity index (χ3v) is 2.62. The Morgan fingerprint density at radius 1 is 1.19 bits per heavy atom. The van der Waals surface area contributed by atoms with E-state index in [1.807, 2.05) is 27.7 Å². The zero-order valence-electron chi connectivity index (χ0n) is 11.1. The maximum absolute atomic E-state index is 11.7. The van der Waals surface area contributed by atoms with Crippen molar-refractivity contribution in [1.29, 1.82) is 0 Å². The Hall–Kier alpha value is -0.610. The Balaban J connectivity index is 3.95. The Bertz CT molecular complexity index is 207. The number of rotatable bonds is 7. The highest BCUT2D eigenvalue weighted by atomic mass is 16.3. The minimum atomic E-state index is -0.340. The number of aliphatic hydroxyl groups is 1. The highest BCUT2D eigenvalue weighted by molar-refractivity contribution is 5.81. The molecular formula is C12H26N2O2. The van der Waals surface area contributed by atoms with Crippen LogP contribution in [0.4, 0.5) is 0 Å². The molecule has 0 aliphatic rings. The van der Waals surface area contributed by atoms with E-state index in [4.69, 9.17) is 0 Å². The predicted molar refractivity (Wildman–Crippen MR) is 66.3 cm³/mol. The summed E-state index contributed by atoms with van der Waals surface area (Å²) < 4.78 is 0. The Labute approximate surface area is 98.8 Å². The molecule has 0 saturated carbocycles. The molecular weight excluding hydrogens is 204 g/mol. The van der Waals surface area contributed by atoms with E-state index in [2.05, 4.69) is 10.6 Å². The van der Waals surface area contributed by atoms with Crippen molar-refractivity contribution in [3.8, 4) is 0 Å². The first-order chi connectivity index (χ1) is 7.36. The standard InChI is InChI=1S/C12H26N2O2/c1-6-8(2)14-12(16)11(5)13-9(3)7-10(4)15/h8-11,13,15H,6-7H2,1-5H3,(H,14,16). The van der Waals surface area contributed by atoms with Crippen molar-refractivity contribution in [2.45, 2.75) is 71.7 Å². The lowest BCUT2D eigenvalue weighted by atomic mass is 10.1. The van der Waals surface area contributed by atoms with Crippen LogP contribution in [0.5, 0.6) is 0 Å². The summed E-state index contributed by atoms with van der Waals surface area (Å²) in [5.74, 6) is 0.0202. The molecule has 0 saturated heterocycles. The first kappa shape index (κ1) is 15.4. The van der Waals surface area contributed by atoms with Crippen LogP contribution in [0.25, 0.3) is 0 Å². The van der Waals surface area contributed by atoms with Crippen LogP contribution in [-0.4, -0.2) is 35.2 Å². The number of carbonyl (C=O) groups excluding carboxylic acids is 1. The van der Waals surface area contributed by atoms with Gasteiger partial charge in [0.15, 0.2) is 0 Å². The topological polar surface area (TPSA) is 61.4 Å². The van der Waals surface area contributed by atoms with Crippen LogP contribution in [0, 0.1) is 0 Å². The molecule has 0 aliphatic heterocycles. The van der Waals surface area contributed by atoms with Gasteiger partial charge in [0, 0.05) is 12.1 Å². The monoisotopic (exact) mass is 230 g/mol. The van der Waals surface area contributed by atoms with E-state index >= 15 is 0 Å². The number of aliphatic hydroxyl groups excluding tert-OH is 1. The fraction of sp³-hybridized carbons (Fsp3) is 0.917. The summed E-state index contributed by atoms with van der Waals surface area (Å²) in [6.45, 7) is 9.60. The Morgan fingerprint density at radius 2 is 1.75 bits per heavy atom. The average molecular weight is 230 g/mol. The van der Waals surface area contributed by atoms with E-state index in [-0.39, 0.29) is 30.1 Å². The first-order valence-electron chi connectivity index (χ1n) is 6.11. The lowest BCUT2D eigenvalue weighted by Crippen LogP contribution is -2.48. The van der Waals surface area contributed by atoms with Gasteiger partial charge in [0.05, 0.1) is 12.1 Å². The molecule has 0 aliphatic carbocycles. The second kappa shape index (κ2) is 7.63. The number of amides is 1. The summed E-state index contributed by atoms with van der Waals surface area (Å²) in [5, 5.41) is 15.3. The number of hydrogen-bond donors (Lipinski definition) is 3. The normalized spacial score (nSPS) is 18.6. The van der Waals surface area contributed by atoms with Gasteiger partial charge in [0.25, 0.3) is 0 Å². The van der Waals surface area contributed by atoms with Crippen LogP contribution in [0.1, 0.15) is 47.5 Å². The first-order valence-corrected chi connectivity index (χ1v) is 6.11. The van der Waals surface area contributed by atoms with E-state index in [9.17, 15) is 9.90 Å². The summed E-state index contributed by atoms with van der Waals surface area (Å²) in [7, 11) is 0. The van der Waals surface area contributed by atoms with Crippen LogP contribution in [0.15, 0.2) is 0 Å². The summed E-state index contributed by atoms with van der Waals surface area (Å²) in [6, 6.07) is 0.129. The zero-order chi connectivity index (χ0) is 12.7. The molecule has 0 heterocycles. The van der Waals surface area contributed by atoms with Crippen LogP contribution in [-0.2, 0) is 4.79 Å². The molecule has 0 radical (unpaired) electrons. The lowest BCUT2D eigenvalue weighted by Gasteiger charge is -2.22. The lowest BCUT2D eigenvalue weighted by molar-refractivity contribution is -0.123. The number of carbonyl (C=O) groups is 1. The van der Waals surface area contributed by atoms with E-state index < -0.39 is 0 Å². The van der Waals surface area contributed by atoms with Gasteiger partial charge in [-0.2, -0.15) is 0 Å². The Kier molecular flexibility index (Phi) is 7.34. The predicted octanol–water partition coefficient (Wildman–Crippen LogP) is 1.04. The van der Waals surface area contributed by atoms with Crippen LogP contribution in [0.2, 0.25) is 0 Å². The van der Waals surface area contributed by atoms with Gasteiger partial charge in [-0.25, -0.2) is 0 Å². The highest BCUT2D eigenvalue weighted by Gasteiger charge is 2.17. The van der Waals surface area contributed by atoms with Crippen molar-refractivity contribution in [3.63, 3.8) is 0 Å². The molecule has 0 aromatic carbocycles. The molecule has 4 atom stereocenters. The summed E-state index contributed by atoms with van der Waals surface area (Å²) >= 11 is 0. The smallest absolute Gasteiger partial charge is 0.237 e. The third-order valence-electron chi connectivity index (χ3n) is 2.62. The molecule has 16 heavy (non-hydrogen) atoms. The molecule has 1 amide bonds. The minimum Gasteiger partial charge on any atom is -0.393 e. The molecule has 0 fully saturated rings. The summed E-state index contributed by atoms with van der Waals surface area (Å²) in [4.78, 5) is 11.7. The molecule has 4 heteroatoms. The maximum Gasteiger partial charge on any atom is 0.237 e. The van der Waals surface area contributed by atoms with E-state index in [0.29, 0.717) is 6.42 Å². The van der Waals surface area contributed by atoms with Gasteiger partial charge < -0.3 is 15.7 Å². The van der Waals surface area contributed by atoms with Crippen molar-refractivity contribution in [3.05, 3.63) is 0 Å². The minimum absolute atomic E-state index is 0.0202. The number of nitrogens with one attached hydrogen (secondary N) is 2. The van der Waals surface area contributed by atoms with Gasteiger partial charge in [0.2, 0.25) is 5.91 Å². The van der Waals surface area contributed by atoms with Crippen molar-refractivity contribution in [2.24, 2.45) is 0 Å². The van der Waals surface area contributed by atoms with Gasteiger partial charge in [-0.15, -0.1) is 0 Å².